The van der Waals surface area contributed by atoms with E-state index in [9.17, 15) is 26.3 Å². The lowest BCUT2D eigenvalue weighted by Crippen LogP contribution is -2.06. The molecule has 0 amide bonds. The van der Waals surface area contributed by atoms with Crippen molar-refractivity contribution in [2.45, 2.75) is 45.6 Å². The number of alkyl halides is 2. The molecule has 0 spiro atoms. The van der Waals surface area contributed by atoms with Crippen LogP contribution in [-0.2, 0) is 6.42 Å². The highest BCUT2D eigenvalue weighted by Gasteiger charge is 2.22. The number of aryl methyl sites for hydroxylation is 1. The summed E-state index contributed by atoms with van der Waals surface area (Å²) in [4.78, 5) is 0. The molecule has 194 valence electrons. The molecule has 0 aliphatic carbocycles. The fraction of sp³-hybridized carbons (Fsp3) is 0.241. The first-order chi connectivity index (χ1) is 17.7. The Morgan fingerprint density at radius 1 is 0.703 bits per heavy atom. The number of hydrogen-bond acceptors (Lipinski definition) is 1. The van der Waals surface area contributed by atoms with Gasteiger partial charge in [-0.15, -0.1) is 0 Å². The monoisotopic (exact) mass is 520 g/mol. The van der Waals surface area contributed by atoms with Crippen molar-refractivity contribution in [3.8, 4) is 28.0 Å². The van der Waals surface area contributed by atoms with E-state index < -0.39 is 52.6 Å². The molecule has 0 saturated heterocycles. The van der Waals surface area contributed by atoms with Crippen molar-refractivity contribution in [1.82, 2.24) is 0 Å². The largest absolute Gasteiger partial charge is 0.429 e. The van der Waals surface area contributed by atoms with Crippen LogP contribution in [0.5, 0.6) is 5.75 Å². The van der Waals surface area contributed by atoms with Crippen LogP contribution >= 0.6 is 0 Å². The van der Waals surface area contributed by atoms with Gasteiger partial charge in [-0.3, -0.25) is 0 Å². The molecule has 0 heterocycles. The maximum atomic E-state index is 15.4. The quantitative estimate of drug-likeness (QED) is 0.158. The predicted octanol–water partition coefficient (Wildman–Crippen LogP) is 9.59. The zero-order chi connectivity index (χ0) is 26.7. The average Bonchev–Trinajstić information content (AvgIpc) is 2.84. The van der Waals surface area contributed by atoms with E-state index >= 15 is 4.39 Å². The Morgan fingerprint density at radius 2 is 1.35 bits per heavy atom. The van der Waals surface area contributed by atoms with E-state index in [0.717, 1.165) is 49.8 Å². The third kappa shape index (κ3) is 5.73. The molecule has 0 radical (unpaired) electrons. The van der Waals surface area contributed by atoms with Gasteiger partial charge in [-0.2, -0.15) is 8.78 Å². The minimum absolute atomic E-state index is 0.0504. The Hall–Kier alpha value is -3.55. The van der Waals surface area contributed by atoms with Crippen LogP contribution in [0.15, 0.2) is 54.6 Å². The van der Waals surface area contributed by atoms with E-state index in [4.69, 9.17) is 0 Å². The van der Waals surface area contributed by atoms with Crippen molar-refractivity contribution in [2.75, 3.05) is 0 Å². The van der Waals surface area contributed by atoms with Crippen LogP contribution in [0.4, 0.5) is 30.7 Å². The van der Waals surface area contributed by atoms with Gasteiger partial charge >= 0.3 is 6.61 Å². The molecule has 0 aliphatic rings. The van der Waals surface area contributed by atoms with Crippen molar-refractivity contribution in [1.29, 1.82) is 0 Å². The summed E-state index contributed by atoms with van der Waals surface area (Å²) in [7, 11) is 0. The smallest absolute Gasteiger partial charge is 0.387 e. The van der Waals surface area contributed by atoms with Gasteiger partial charge in [0, 0.05) is 10.9 Å². The zero-order valence-corrected chi connectivity index (χ0v) is 19.9. The Labute approximate surface area is 209 Å². The normalized spacial score (nSPS) is 11.5. The number of ether oxygens (including phenoxy) is 1. The van der Waals surface area contributed by atoms with E-state index in [0.29, 0.717) is 22.9 Å². The Balaban J connectivity index is 1.67. The van der Waals surface area contributed by atoms with Gasteiger partial charge in [-0.25, -0.2) is 22.0 Å². The molecule has 4 aromatic rings. The molecule has 4 aromatic carbocycles. The summed E-state index contributed by atoms with van der Waals surface area (Å²) >= 11 is 0. The second-order valence-electron chi connectivity index (χ2n) is 8.76. The van der Waals surface area contributed by atoms with Crippen LogP contribution in [0.1, 0.15) is 38.2 Å². The third-order valence-electron chi connectivity index (χ3n) is 6.18. The zero-order valence-electron chi connectivity index (χ0n) is 19.9. The molecule has 1 nitrogen and oxygen atoms in total. The molecular formula is C29H23F7O. The average molecular weight is 520 g/mol. The standard InChI is InChI=1S/C29H23F7O/c1-2-3-4-5-6-16-7-9-20-17(11-16)8-10-21(27(20)34)18-12-22(30)26(23(31)13-18)19-14-24(32)28(25(33)15-19)37-29(35)36/h7-15,29H,2-6H2,1H3. The third-order valence-corrected chi connectivity index (χ3v) is 6.18. The lowest BCUT2D eigenvalue weighted by atomic mass is 9.95. The van der Waals surface area contributed by atoms with Crippen molar-refractivity contribution >= 4 is 10.8 Å². The van der Waals surface area contributed by atoms with Crippen molar-refractivity contribution in [2.24, 2.45) is 0 Å². The molecular weight excluding hydrogens is 497 g/mol. The van der Waals surface area contributed by atoms with E-state index in [1.54, 1.807) is 12.1 Å². The Bertz CT molecular complexity index is 1390. The van der Waals surface area contributed by atoms with Crippen molar-refractivity contribution in [3.05, 3.63) is 89.2 Å². The first kappa shape index (κ1) is 26.5. The highest BCUT2D eigenvalue weighted by molar-refractivity contribution is 5.89. The topological polar surface area (TPSA) is 9.23 Å². The predicted molar refractivity (Wildman–Crippen MR) is 129 cm³/mol. The van der Waals surface area contributed by atoms with E-state index in [1.165, 1.54) is 6.07 Å². The molecule has 4 rings (SSSR count). The van der Waals surface area contributed by atoms with Gasteiger partial charge in [0.1, 0.15) is 17.5 Å². The summed E-state index contributed by atoms with van der Waals surface area (Å²) in [5, 5.41) is 0.947. The maximum Gasteiger partial charge on any atom is 0.387 e. The molecule has 37 heavy (non-hydrogen) atoms. The molecule has 0 N–H and O–H groups in total. The number of fused-ring (bicyclic) bond motifs is 1. The molecule has 0 aromatic heterocycles. The lowest BCUT2D eigenvalue weighted by molar-refractivity contribution is -0.0546. The summed E-state index contributed by atoms with van der Waals surface area (Å²) in [6.07, 6.45) is 5.29. The summed E-state index contributed by atoms with van der Waals surface area (Å²) in [5.41, 5.74) is -0.449. The van der Waals surface area contributed by atoms with Crippen LogP contribution in [0.25, 0.3) is 33.0 Å². The molecule has 0 bridgehead atoms. The highest BCUT2D eigenvalue weighted by Crippen LogP contribution is 2.36. The van der Waals surface area contributed by atoms with Crippen LogP contribution < -0.4 is 4.74 Å². The second kappa shape index (κ2) is 11.2. The fourth-order valence-corrected chi connectivity index (χ4v) is 4.39. The number of benzene rings is 4. The second-order valence-corrected chi connectivity index (χ2v) is 8.76. The van der Waals surface area contributed by atoms with Crippen LogP contribution in [-0.4, -0.2) is 6.61 Å². The van der Waals surface area contributed by atoms with Gasteiger partial charge in [-0.1, -0.05) is 56.5 Å². The van der Waals surface area contributed by atoms with E-state index in [1.807, 2.05) is 12.1 Å². The van der Waals surface area contributed by atoms with Crippen LogP contribution in [0, 0.1) is 29.1 Å². The van der Waals surface area contributed by atoms with E-state index in [2.05, 4.69) is 11.7 Å². The number of unbranched alkanes of at least 4 members (excludes halogenated alkanes) is 3. The lowest BCUT2D eigenvalue weighted by Gasteiger charge is -2.13. The van der Waals surface area contributed by atoms with Gasteiger partial charge in [0.15, 0.2) is 17.4 Å². The molecule has 0 atom stereocenters. The van der Waals surface area contributed by atoms with Gasteiger partial charge in [-0.05, 0) is 59.2 Å². The molecule has 8 heteroatoms. The van der Waals surface area contributed by atoms with Gasteiger partial charge in [0.05, 0.1) is 5.56 Å². The van der Waals surface area contributed by atoms with Crippen LogP contribution in [0.3, 0.4) is 0 Å². The molecule has 0 unspecified atom stereocenters. The molecule has 0 fully saturated rings. The minimum atomic E-state index is -3.49. The summed E-state index contributed by atoms with van der Waals surface area (Å²) in [6, 6.07) is 11.1. The van der Waals surface area contributed by atoms with Gasteiger partial charge in [0.25, 0.3) is 0 Å². The number of hydrogen-bond donors (Lipinski definition) is 0. The minimum Gasteiger partial charge on any atom is -0.429 e. The van der Waals surface area contributed by atoms with Gasteiger partial charge in [0.2, 0.25) is 0 Å². The Kier molecular flexibility index (Phi) is 8.05. The summed E-state index contributed by atoms with van der Waals surface area (Å²) in [6.45, 7) is -1.36. The SMILES string of the molecule is CCCCCCc1ccc2c(F)c(-c3cc(F)c(-c4cc(F)c(OC(F)F)c(F)c4)c(F)c3)ccc2c1. The highest BCUT2D eigenvalue weighted by atomic mass is 19.3. The number of rotatable bonds is 9. The van der Waals surface area contributed by atoms with Gasteiger partial charge < -0.3 is 4.74 Å². The van der Waals surface area contributed by atoms with Crippen molar-refractivity contribution < 1.29 is 35.5 Å². The Morgan fingerprint density at radius 3 is 1.97 bits per heavy atom. The molecule has 0 aliphatic heterocycles. The first-order valence-corrected chi connectivity index (χ1v) is 11.8. The maximum absolute atomic E-state index is 15.4. The summed E-state index contributed by atoms with van der Waals surface area (Å²) < 4.78 is 102. The molecule has 0 saturated carbocycles. The van der Waals surface area contributed by atoms with Crippen molar-refractivity contribution in [3.63, 3.8) is 0 Å². The van der Waals surface area contributed by atoms with Crippen LogP contribution in [0.2, 0.25) is 0 Å². The first-order valence-electron chi connectivity index (χ1n) is 11.8. The van der Waals surface area contributed by atoms with E-state index in [-0.39, 0.29) is 11.1 Å². The number of halogens is 7. The summed E-state index contributed by atoms with van der Waals surface area (Å²) in [5.74, 6) is -7.55. The fourth-order valence-electron chi connectivity index (χ4n) is 4.39.